The van der Waals surface area contributed by atoms with Gasteiger partial charge in [-0.3, -0.25) is 14.7 Å². The summed E-state index contributed by atoms with van der Waals surface area (Å²) < 4.78 is 11.1. The molecule has 3 aliphatic rings. The molecule has 0 aromatic rings. The van der Waals surface area contributed by atoms with E-state index in [9.17, 15) is 4.79 Å². The van der Waals surface area contributed by atoms with Crippen LogP contribution in [0.2, 0.25) is 0 Å². The summed E-state index contributed by atoms with van der Waals surface area (Å²) >= 11 is 0. The summed E-state index contributed by atoms with van der Waals surface area (Å²) in [4.78, 5) is 23.8. The van der Waals surface area contributed by atoms with Gasteiger partial charge in [-0.1, -0.05) is 0 Å². The Balaban J connectivity index is 0.00000320. The van der Waals surface area contributed by atoms with Crippen molar-refractivity contribution >= 4 is 35.8 Å². The van der Waals surface area contributed by atoms with E-state index in [0.717, 1.165) is 110 Å². The lowest BCUT2D eigenvalue weighted by Crippen LogP contribution is -2.54. The summed E-state index contributed by atoms with van der Waals surface area (Å²) in [6.07, 6.45) is 4.37. The number of ether oxygens (including phenoxy) is 2. The van der Waals surface area contributed by atoms with E-state index in [1.807, 2.05) is 4.90 Å². The molecule has 3 saturated heterocycles. The Hall–Kier alpha value is -0.650. The molecule has 174 valence electrons. The van der Waals surface area contributed by atoms with Gasteiger partial charge in [0, 0.05) is 71.5 Å². The van der Waals surface area contributed by atoms with E-state index in [4.69, 9.17) is 14.5 Å². The number of carbonyl (C=O) groups excluding carboxylic acids is 1. The van der Waals surface area contributed by atoms with Gasteiger partial charge in [-0.15, -0.1) is 24.0 Å². The quantitative estimate of drug-likeness (QED) is 0.207. The molecule has 0 spiro atoms. The molecule has 8 nitrogen and oxygen atoms in total. The molecule has 30 heavy (non-hydrogen) atoms. The van der Waals surface area contributed by atoms with Crippen molar-refractivity contribution in [1.82, 2.24) is 20.0 Å². The van der Waals surface area contributed by atoms with E-state index in [1.165, 1.54) is 0 Å². The molecule has 0 aromatic heterocycles. The summed E-state index contributed by atoms with van der Waals surface area (Å²) in [6, 6.07) is 0. The molecule has 0 aliphatic carbocycles. The third-order valence-corrected chi connectivity index (χ3v) is 5.91. The first-order chi connectivity index (χ1) is 14.3. The fraction of sp³-hybridized carbons (Fsp3) is 0.905. The number of likely N-dealkylation sites (tertiary alicyclic amines) is 1. The predicted octanol–water partition coefficient (Wildman–Crippen LogP) is 1.25. The molecule has 0 radical (unpaired) electrons. The number of amides is 1. The molecular formula is C21H40IN5O3. The van der Waals surface area contributed by atoms with Crippen molar-refractivity contribution in [2.24, 2.45) is 10.9 Å². The summed E-state index contributed by atoms with van der Waals surface area (Å²) in [5.74, 6) is 1.85. The maximum Gasteiger partial charge on any atom is 0.236 e. The summed E-state index contributed by atoms with van der Waals surface area (Å²) in [5.41, 5.74) is 0. The minimum absolute atomic E-state index is 0. The molecule has 0 bridgehead atoms. The van der Waals surface area contributed by atoms with Gasteiger partial charge in [0.25, 0.3) is 0 Å². The van der Waals surface area contributed by atoms with E-state index in [2.05, 4.69) is 22.0 Å². The van der Waals surface area contributed by atoms with Crippen molar-refractivity contribution in [3.63, 3.8) is 0 Å². The number of piperazine rings is 1. The molecule has 1 amide bonds. The van der Waals surface area contributed by atoms with Crippen LogP contribution in [0.15, 0.2) is 4.99 Å². The second kappa shape index (κ2) is 14.4. The predicted molar refractivity (Wildman–Crippen MR) is 130 cm³/mol. The highest BCUT2D eigenvalue weighted by molar-refractivity contribution is 14.0. The lowest BCUT2D eigenvalue weighted by Gasteiger charge is -2.36. The topological polar surface area (TPSA) is 69.6 Å². The van der Waals surface area contributed by atoms with Crippen LogP contribution in [0.4, 0.5) is 0 Å². The summed E-state index contributed by atoms with van der Waals surface area (Å²) in [6.45, 7) is 13.1. The first-order valence-corrected chi connectivity index (χ1v) is 11.4. The Morgan fingerprint density at radius 2 is 1.90 bits per heavy atom. The molecule has 3 heterocycles. The maximum absolute atomic E-state index is 12.4. The number of carbonyl (C=O) groups is 1. The van der Waals surface area contributed by atoms with Gasteiger partial charge in [-0.05, 0) is 32.6 Å². The van der Waals surface area contributed by atoms with E-state index in [0.29, 0.717) is 18.4 Å². The molecule has 1 N–H and O–H groups in total. The van der Waals surface area contributed by atoms with Crippen molar-refractivity contribution < 1.29 is 14.3 Å². The van der Waals surface area contributed by atoms with Crippen LogP contribution in [0.5, 0.6) is 0 Å². The maximum atomic E-state index is 12.4. The van der Waals surface area contributed by atoms with Crippen LogP contribution >= 0.6 is 24.0 Å². The second-order valence-corrected chi connectivity index (χ2v) is 8.24. The highest BCUT2D eigenvalue weighted by Gasteiger charge is 2.24. The minimum atomic E-state index is 0. The summed E-state index contributed by atoms with van der Waals surface area (Å²) in [5, 5.41) is 3.41. The zero-order valence-corrected chi connectivity index (χ0v) is 20.9. The molecular weight excluding hydrogens is 497 g/mol. The van der Waals surface area contributed by atoms with Crippen LogP contribution < -0.4 is 5.32 Å². The van der Waals surface area contributed by atoms with Crippen molar-refractivity contribution in [3.05, 3.63) is 0 Å². The zero-order valence-electron chi connectivity index (χ0n) is 18.5. The van der Waals surface area contributed by atoms with Gasteiger partial charge in [0.2, 0.25) is 5.91 Å². The van der Waals surface area contributed by atoms with Crippen molar-refractivity contribution in [2.45, 2.75) is 32.6 Å². The SMILES string of the molecule is CCNC(=NCCCOCC1CCOC1)N1CCN(CC(=O)N2CCCC2)CC1.I. The lowest BCUT2D eigenvalue weighted by atomic mass is 10.1. The van der Waals surface area contributed by atoms with Gasteiger partial charge >= 0.3 is 0 Å². The largest absolute Gasteiger partial charge is 0.381 e. The summed E-state index contributed by atoms with van der Waals surface area (Å²) in [7, 11) is 0. The third kappa shape index (κ3) is 8.47. The van der Waals surface area contributed by atoms with Crippen LogP contribution in [0.3, 0.4) is 0 Å². The van der Waals surface area contributed by atoms with Crippen molar-refractivity contribution in [1.29, 1.82) is 0 Å². The number of aliphatic imine (C=N–C) groups is 1. The molecule has 3 fully saturated rings. The number of guanidine groups is 1. The zero-order chi connectivity index (χ0) is 20.3. The number of hydrogen-bond acceptors (Lipinski definition) is 5. The van der Waals surface area contributed by atoms with E-state index < -0.39 is 0 Å². The van der Waals surface area contributed by atoms with Crippen LogP contribution in [-0.4, -0.2) is 112 Å². The number of hydrogen-bond donors (Lipinski definition) is 1. The van der Waals surface area contributed by atoms with Gasteiger partial charge in [0.15, 0.2) is 5.96 Å². The smallest absolute Gasteiger partial charge is 0.236 e. The normalized spacial score (nSPS) is 23.0. The monoisotopic (exact) mass is 537 g/mol. The highest BCUT2D eigenvalue weighted by atomic mass is 127. The molecule has 0 saturated carbocycles. The number of nitrogens with one attached hydrogen (secondary N) is 1. The van der Waals surface area contributed by atoms with Crippen LogP contribution in [0.1, 0.15) is 32.6 Å². The van der Waals surface area contributed by atoms with Gasteiger partial charge in [0.1, 0.15) is 0 Å². The molecule has 0 aromatic carbocycles. The third-order valence-electron chi connectivity index (χ3n) is 5.91. The second-order valence-electron chi connectivity index (χ2n) is 8.24. The average Bonchev–Trinajstić information content (AvgIpc) is 3.44. The van der Waals surface area contributed by atoms with Crippen LogP contribution in [0.25, 0.3) is 0 Å². The lowest BCUT2D eigenvalue weighted by molar-refractivity contribution is -0.131. The van der Waals surface area contributed by atoms with Crippen molar-refractivity contribution in [2.75, 3.05) is 85.3 Å². The van der Waals surface area contributed by atoms with Crippen LogP contribution in [0, 0.1) is 5.92 Å². The first-order valence-electron chi connectivity index (χ1n) is 11.4. The highest BCUT2D eigenvalue weighted by Crippen LogP contribution is 2.12. The fourth-order valence-electron chi connectivity index (χ4n) is 4.12. The van der Waals surface area contributed by atoms with Gasteiger partial charge in [-0.2, -0.15) is 0 Å². The van der Waals surface area contributed by atoms with E-state index >= 15 is 0 Å². The Morgan fingerprint density at radius 3 is 2.57 bits per heavy atom. The van der Waals surface area contributed by atoms with Gasteiger partial charge in [0.05, 0.1) is 19.8 Å². The standard InChI is InChI=1S/C21H39N5O3.HI/c1-2-22-21(23-7-5-14-28-17-19-6-15-29-18-19)26-12-10-24(11-13-26)16-20(27)25-8-3-4-9-25;/h19H,2-18H2,1H3,(H,22,23);1H. The van der Waals surface area contributed by atoms with Crippen LogP contribution in [-0.2, 0) is 14.3 Å². The first kappa shape index (κ1) is 25.6. The number of nitrogens with zero attached hydrogens (tertiary/aromatic N) is 4. The van der Waals surface area contributed by atoms with E-state index in [1.54, 1.807) is 0 Å². The molecule has 3 rings (SSSR count). The Bertz CT molecular complexity index is 517. The van der Waals surface area contributed by atoms with Gasteiger partial charge in [-0.25, -0.2) is 0 Å². The molecule has 3 aliphatic heterocycles. The fourth-order valence-corrected chi connectivity index (χ4v) is 4.12. The Labute approximate surface area is 198 Å². The Kier molecular flexibility index (Phi) is 12.3. The minimum Gasteiger partial charge on any atom is -0.381 e. The molecule has 1 atom stereocenters. The Morgan fingerprint density at radius 1 is 1.13 bits per heavy atom. The van der Waals surface area contributed by atoms with Gasteiger partial charge < -0.3 is 24.6 Å². The average molecular weight is 537 g/mol. The number of halogens is 1. The van der Waals surface area contributed by atoms with Crippen molar-refractivity contribution in [3.8, 4) is 0 Å². The molecule has 1 unspecified atom stereocenters. The molecule has 9 heteroatoms. The number of rotatable bonds is 9. The van der Waals surface area contributed by atoms with E-state index in [-0.39, 0.29) is 24.0 Å².